The van der Waals surface area contributed by atoms with E-state index in [4.69, 9.17) is 9.84 Å². The van der Waals surface area contributed by atoms with E-state index < -0.39 is 0 Å². The van der Waals surface area contributed by atoms with Gasteiger partial charge in [0.25, 0.3) is 0 Å². The molecule has 2 aromatic rings. The summed E-state index contributed by atoms with van der Waals surface area (Å²) >= 11 is 1.38. The molecule has 0 amide bonds. The first kappa shape index (κ1) is 18.0. The first-order valence-electron chi connectivity index (χ1n) is 8.58. The predicted molar refractivity (Wildman–Crippen MR) is 98.6 cm³/mol. The second kappa shape index (κ2) is 7.63. The number of aromatic nitrogens is 2. The largest absolute Gasteiger partial charge is 0.462 e. The van der Waals surface area contributed by atoms with Crippen LogP contribution in [0.25, 0.3) is 10.2 Å². The molecule has 7 nitrogen and oxygen atoms in total. The summed E-state index contributed by atoms with van der Waals surface area (Å²) < 4.78 is 5.17. The third-order valence-corrected chi connectivity index (χ3v) is 5.60. The number of hydrogen-bond donors (Lipinski definition) is 1. The molecule has 3 heterocycles. The Hall–Kier alpha value is -1.77. The summed E-state index contributed by atoms with van der Waals surface area (Å²) in [6, 6.07) is 0. The molecule has 2 aromatic heterocycles. The van der Waals surface area contributed by atoms with E-state index in [1.807, 2.05) is 20.8 Å². The molecule has 0 atom stereocenters. The molecule has 1 aliphatic heterocycles. The van der Waals surface area contributed by atoms with E-state index in [9.17, 15) is 4.79 Å². The first-order chi connectivity index (χ1) is 12.0. The fraction of sp³-hybridized carbons (Fsp3) is 0.588. The molecule has 3 rings (SSSR count). The maximum atomic E-state index is 12.2. The van der Waals surface area contributed by atoms with Gasteiger partial charge in [-0.1, -0.05) is 0 Å². The molecule has 136 valence electrons. The average molecular weight is 364 g/mol. The monoisotopic (exact) mass is 364 g/mol. The van der Waals surface area contributed by atoms with E-state index in [-0.39, 0.29) is 12.6 Å². The number of aryl methyl sites for hydroxylation is 2. The van der Waals surface area contributed by atoms with Gasteiger partial charge >= 0.3 is 5.97 Å². The van der Waals surface area contributed by atoms with Crippen LogP contribution in [0.4, 0.5) is 5.82 Å². The summed E-state index contributed by atoms with van der Waals surface area (Å²) in [5.74, 6) is 1.31. The van der Waals surface area contributed by atoms with E-state index in [0.29, 0.717) is 23.9 Å². The van der Waals surface area contributed by atoms with E-state index in [2.05, 4.69) is 19.8 Å². The van der Waals surface area contributed by atoms with Crippen LogP contribution in [-0.2, 0) is 4.74 Å². The standard InChI is InChI=1S/C17H24N4O3S/c1-4-24-17(23)14-11(2)13-15(18-12(3)19-16(13)25-14)21-7-5-20(6-8-21)9-10-22/h22H,4-10H2,1-3H3. The lowest BCUT2D eigenvalue weighted by Crippen LogP contribution is -2.47. The highest BCUT2D eigenvalue weighted by Crippen LogP contribution is 2.36. The van der Waals surface area contributed by atoms with Gasteiger partial charge in [0.1, 0.15) is 21.3 Å². The smallest absolute Gasteiger partial charge is 0.348 e. The van der Waals surface area contributed by atoms with Crippen molar-refractivity contribution in [2.24, 2.45) is 0 Å². The highest BCUT2D eigenvalue weighted by atomic mass is 32.1. The minimum atomic E-state index is -0.292. The molecule has 0 radical (unpaired) electrons. The number of ether oxygens (including phenoxy) is 1. The van der Waals surface area contributed by atoms with Gasteiger partial charge in [0, 0.05) is 32.7 Å². The second-order valence-corrected chi connectivity index (χ2v) is 7.10. The van der Waals surface area contributed by atoms with Crippen molar-refractivity contribution in [2.75, 3.05) is 50.8 Å². The fourth-order valence-corrected chi connectivity index (χ4v) is 4.28. The molecule has 0 unspecified atom stereocenters. The van der Waals surface area contributed by atoms with Crippen molar-refractivity contribution in [1.29, 1.82) is 0 Å². The Labute approximate surface area is 151 Å². The Morgan fingerprint density at radius 1 is 1.24 bits per heavy atom. The van der Waals surface area contributed by atoms with Crippen LogP contribution in [0.3, 0.4) is 0 Å². The highest BCUT2D eigenvalue weighted by Gasteiger charge is 2.25. The summed E-state index contributed by atoms with van der Waals surface area (Å²) in [6.07, 6.45) is 0. The Kier molecular flexibility index (Phi) is 5.51. The Morgan fingerprint density at radius 3 is 2.60 bits per heavy atom. The number of carbonyl (C=O) groups is 1. The van der Waals surface area contributed by atoms with E-state index in [1.165, 1.54) is 11.3 Å². The minimum Gasteiger partial charge on any atom is -0.462 e. The number of carbonyl (C=O) groups excluding carboxylic acids is 1. The van der Waals surface area contributed by atoms with E-state index >= 15 is 0 Å². The van der Waals surface area contributed by atoms with Crippen molar-refractivity contribution in [3.63, 3.8) is 0 Å². The number of thiophene rings is 1. The van der Waals surface area contributed by atoms with Gasteiger partial charge < -0.3 is 14.7 Å². The van der Waals surface area contributed by atoms with Gasteiger partial charge in [0.15, 0.2) is 0 Å². The van der Waals surface area contributed by atoms with Crippen molar-refractivity contribution in [2.45, 2.75) is 20.8 Å². The number of esters is 1. The lowest BCUT2D eigenvalue weighted by molar-refractivity contribution is 0.0531. The zero-order valence-corrected chi connectivity index (χ0v) is 15.7. The first-order valence-corrected chi connectivity index (χ1v) is 9.39. The van der Waals surface area contributed by atoms with Crippen molar-refractivity contribution in [3.8, 4) is 0 Å². The van der Waals surface area contributed by atoms with E-state index in [1.54, 1.807) is 0 Å². The van der Waals surface area contributed by atoms with Crippen molar-refractivity contribution in [3.05, 3.63) is 16.3 Å². The summed E-state index contributed by atoms with van der Waals surface area (Å²) in [7, 11) is 0. The molecular formula is C17H24N4O3S. The van der Waals surface area contributed by atoms with Gasteiger partial charge in [-0.05, 0) is 26.3 Å². The SMILES string of the molecule is CCOC(=O)c1sc2nc(C)nc(N3CCN(CCO)CC3)c2c1C. The molecular weight excluding hydrogens is 340 g/mol. The molecule has 0 aromatic carbocycles. The average Bonchev–Trinajstić information content (AvgIpc) is 2.92. The molecule has 1 fully saturated rings. The second-order valence-electron chi connectivity index (χ2n) is 6.10. The van der Waals surface area contributed by atoms with Crippen molar-refractivity contribution < 1.29 is 14.6 Å². The number of anilines is 1. The van der Waals surface area contributed by atoms with Crippen LogP contribution < -0.4 is 4.90 Å². The molecule has 1 N–H and O–H groups in total. The summed E-state index contributed by atoms with van der Waals surface area (Å²) in [6.45, 7) is 10.3. The van der Waals surface area contributed by atoms with Crippen LogP contribution in [-0.4, -0.2) is 71.9 Å². The number of β-amino-alcohol motifs (C(OH)–C–C–N with tert-alkyl or cyclic N) is 1. The van der Waals surface area contributed by atoms with Crippen molar-refractivity contribution in [1.82, 2.24) is 14.9 Å². The number of nitrogens with zero attached hydrogens (tertiary/aromatic N) is 4. The molecule has 1 aliphatic rings. The van der Waals surface area contributed by atoms with Gasteiger partial charge in [-0.25, -0.2) is 14.8 Å². The zero-order chi connectivity index (χ0) is 18.0. The minimum absolute atomic E-state index is 0.184. The predicted octanol–water partition coefficient (Wildman–Crippen LogP) is 1.60. The zero-order valence-electron chi connectivity index (χ0n) is 14.9. The number of piperazine rings is 1. The molecule has 0 spiro atoms. The third kappa shape index (κ3) is 3.61. The van der Waals surface area contributed by atoms with Gasteiger partial charge in [0.05, 0.1) is 18.6 Å². The van der Waals surface area contributed by atoms with Gasteiger partial charge in [-0.15, -0.1) is 11.3 Å². The van der Waals surface area contributed by atoms with Gasteiger partial charge in [-0.2, -0.15) is 0 Å². The number of hydrogen-bond acceptors (Lipinski definition) is 8. The van der Waals surface area contributed by atoms with Crippen LogP contribution in [0.2, 0.25) is 0 Å². The number of rotatable bonds is 5. The summed E-state index contributed by atoms with van der Waals surface area (Å²) in [5.41, 5.74) is 0.895. The highest BCUT2D eigenvalue weighted by molar-refractivity contribution is 7.20. The third-order valence-electron chi connectivity index (χ3n) is 4.43. The lowest BCUT2D eigenvalue weighted by atomic mass is 10.2. The molecule has 8 heteroatoms. The molecule has 0 saturated carbocycles. The Bertz CT molecular complexity index is 769. The summed E-state index contributed by atoms with van der Waals surface area (Å²) in [5, 5.41) is 10.0. The molecule has 25 heavy (non-hydrogen) atoms. The van der Waals surface area contributed by atoms with Crippen LogP contribution in [0, 0.1) is 13.8 Å². The maximum absolute atomic E-state index is 12.2. The van der Waals surface area contributed by atoms with Crippen LogP contribution in [0.5, 0.6) is 0 Å². The van der Waals surface area contributed by atoms with Crippen molar-refractivity contribution >= 4 is 33.3 Å². The Balaban J connectivity index is 1.96. The topological polar surface area (TPSA) is 78.8 Å². The Morgan fingerprint density at radius 2 is 1.96 bits per heavy atom. The molecule has 0 bridgehead atoms. The van der Waals surface area contributed by atoms with Crippen LogP contribution >= 0.6 is 11.3 Å². The van der Waals surface area contributed by atoms with Crippen LogP contribution in [0.1, 0.15) is 28.0 Å². The molecule has 0 aliphatic carbocycles. The fourth-order valence-electron chi connectivity index (χ4n) is 3.17. The quantitative estimate of drug-likeness (QED) is 0.807. The molecule has 1 saturated heterocycles. The number of fused-ring (bicyclic) bond motifs is 1. The maximum Gasteiger partial charge on any atom is 0.348 e. The normalized spacial score (nSPS) is 15.8. The van der Waals surface area contributed by atoms with Crippen LogP contribution in [0.15, 0.2) is 0 Å². The van der Waals surface area contributed by atoms with E-state index in [0.717, 1.165) is 47.8 Å². The summed E-state index contributed by atoms with van der Waals surface area (Å²) in [4.78, 5) is 27.4. The van der Waals surface area contributed by atoms with Gasteiger partial charge in [0.2, 0.25) is 0 Å². The number of aliphatic hydroxyl groups excluding tert-OH is 1. The lowest BCUT2D eigenvalue weighted by Gasteiger charge is -2.35. The number of aliphatic hydroxyl groups is 1. The van der Waals surface area contributed by atoms with Gasteiger partial charge in [-0.3, -0.25) is 4.90 Å².